The van der Waals surface area contributed by atoms with Crippen LogP contribution in [0.1, 0.15) is 38.2 Å². The summed E-state index contributed by atoms with van der Waals surface area (Å²) < 4.78 is 4.92. The summed E-state index contributed by atoms with van der Waals surface area (Å²) in [5, 5.41) is 5.42. The summed E-state index contributed by atoms with van der Waals surface area (Å²) in [4.78, 5) is 35.3. The van der Waals surface area contributed by atoms with Gasteiger partial charge in [0.05, 0.1) is 6.42 Å². The summed E-state index contributed by atoms with van der Waals surface area (Å²) in [5.41, 5.74) is 0.870. The van der Waals surface area contributed by atoms with Crippen LogP contribution in [0.3, 0.4) is 0 Å². The average molecular weight is 346 g/mol. The normalized spacial score (nSPS) is 19.7. The number of benzene rings is 1. The number of carbonyl (C=O) groups is 3. The van der Waals surface area contributed by atoms with Gasteiger partial charge in [-0.3, -0.25) is 14.4 Å². The Balaban J connectivity index is 1.61. The zero-order chi connectivity index (χ0) is 18.1. The van der Waals surface area contributed by atoms with Crippen molar-refractivity contribution in [1.29, 1.82) is 0 Å². The van der Waals surface area contributed by atoms with E-state index in [1.54, 1.807) is 0 Å². The lowest BCUT2D eigenvalue weighted by Crippen LogP contribution is -2.43. The molecule has 2 atom stereocenters. The summed E-state index contributed by atoms with van der Waals surface area (Å²) in [7, 11) is 0. The van der Waals surface area contributed by atoms with Crippen molar-refractivity contribution in [3.05, 3.63) is 35.9 Å². The van der Waals surface area contributed by atoms with Crippen LogP contribution in [0.5, 0.6) is 0 Å². The second kappa shape index (κ2) is 9.81. The topological polar surface area (TPSA) is 84.5 Å². The number of ether oxygens (including phenoxy) is 1. The van der Waals surface area contributed by atoms with Gasteiger partial charge in [-0.25, -0.2) is 0 Å². The fourth-order valence-electron chi connectivity index (χ4n) is 2.99. The predicted octanol–water partition coefficient (Wildman–Crippen LogP) is 1.58. The number of carbonyl (C=O) groups excluding carboxylic acids is 3. The lowest BCUT2D eigenvalue weighted by Gasteiger charge is -2.29. The minimum absolute atomic E-state index is 0.158. The lowest BCUT2D eigenvalue weighted by molar-refractivity contribution is -0.148. The predicted molar refractivity (Wildman–Crippen MR) is 93.7 cm³/mol. The van der Waals surface area contributed by atoms with Gasteiger partial charge in [-0.15, -0.1) is 0 Å². The molecule has 6 nitrogen and oxygen atoms in total. The number of nitrogens with one attached hydrogen (secondary N) is 2. The Hall–Kier alpha value is -2.37. The summed E-state index contributed by atoms with van der Waals surface area (Å²) in [6.07, 6.45) is 4.59. The van der Waals surface area contributed by atoms with Crippen LogP contribution in [0.2, 0.25) is 0 Å². The Labute approximate surface area is 148 Å². The summed E-state index contributed by atoms with van der Waals surface area (Å²) in [6, 6.07) is 9.41. The highest BCUT2D eigenvalue weighted by molar-refractivity contribution is 5.85. The molecular formula is C19H26N2O4. The SMILES string of the molecule is C[C@@H]1CCCC[C@@H]1NC(=O)COC(=O)CNC(=O)Cc1ccccc1. The molecule has 2 N–H and O–H groups in total. The van der Waals surface area contributed by atoms with Crippen LogP contribution < -0.4 is 10.6 Å². The third-order valence-electron chi connectivity index (χ3n) is 4.46. The first-order chi connectivity index (χ1) is 12.0. The van der Waals surface area contributed by atoms with Gasteiger partial charge in [0.15, 0.2) is 6.61 Å². The molecule has 2 amide bonds. The zero-order valence-corrected chi connectivity index (χ0v) is 14.6. The van der Waals surface area contributed by atoms with Crippen LogP contribution in [0.25, 0.3) is 0 Å². The zero-order valence-electron chi connectivity index (χ0n) is 14.6. The van der Waals surface area contributed by atoms with Crippen LogP contribution >= 0.6 is 0 Å². The molecule has 1 aliphatic rings. The molecule has 1 aliphatic carbocycles. The largest absolute Gasteiger partial charge is 0.454 e. The highest BCUT2D eigenvalue weighted by atomic mass is 16.5. The van der Waals surface area contributed by atoms with Gasteiger partial charge < -0.3 is 15.4 Å². The van der Waals surface area contributed by atoms with E-state index in [1.165, 1.54) is 6.42 Å². The Bertz CT molecular complexity index is 588. The Morgan fingerprint density at radius 1 is 1.08 bits per heavy atom. The van der Waals surface area contributed by atoms with Crippen molar-refractivity contribution in [3.63, 3.8) is 0 Å². The summed E-state index contributed by atoms with van der Waals surface area (Å²) in [6.45, 7) is 1.58. The smallest absolute Gasteiger partial charge is 0.325 e. The fraction of sp³-hybridized carbons (Fsp3) is 0.526. The van der Waals surface area contributed by atoms with Gasteiger partial charge in [0.2, 0.25) is 5.91 Å². The van der Waals surface area contributed by atoms with E-state index in [1.807, 2.05) is 30.3 Å². The van der Waals surface area contributed by atoms with Crippen LogP contribution in [0, 0.1) is 5.92 Å². The second-order valence-corrected chi connectivity index (χ2v) is 6.54. The highest BCUT2D eigenvalue weighted by Crippen LogP contribution is 2.23. The van der Waals surface area contributed by atoms with Gasteiger partial charge in [-0.1, -0.05) is 50.1 Å². The minimum atomic E-state index is -0.617. The van der Waals surface area contributed by atoms with E-state index in [0.717, 1.165) is 24.8 Å². The number of hydrogen-bond donors (Lipinski definition) is 2. The van der Waals surface area contributed by atoms with E-state index < -0.39 is 5.97 Å². The molecule has 0 spiro atoms. The van der Waals surface area contributed by atoms with Crippen LogP contribution in [-0.4, -0.2) is 37.0 Å². The van der Waals surface area contributed by atoms with Crippen LogP contribution in [0.15, 0.2) is 30.3 Å². The molecule has 6 heteroatoms. The van der Waals surface area contributed by atoms with E-state index in [0.29, 0.717) is 5.92 Å². The molecule has 0 saturated heterocycles. The van der Waals surface area contributed by atoms with Crippen LogP contribution in [0.4, 0.5) is 0 Å². The van der Waals surface area contributed by atoms with Crippen molar-refractivity contribution in [2.75, 3.05) is 13.2 Å². The molecule has 1 aromatic rings. The van der Waals surface area contributed by atoms with Crippen molar-refractivity contribution in [2.45, 2.75) is 45.1 Å². The molecule has 2 rings (SSSR count). The second-order valence-electron chi connectivity index (χ2n) is 6.54. The first-order valence-electron chi connectivity index (χ1n) is 8.80. The monoisotopic (exact) mass is 346 g/mol. The number of hydrogen-bond acceptors (Lipinski definition) is 4. The van der Waals surface area contributed by atoms with Crippen molar-refractivity contribution in [2.24, 2.45) is 5.92 Å². The maximum absolute atomic E-state index is 11.9. The minimum Gasteiger partial charge on any atom is -0.454 e. The number of esters is 1. The molecule has 0 bridgehead atoms. The standard InChI is InChI=1S/C19H26N2O4/c1-14-7-5-6-10-16(14)21-18(23)13-25-19(24)12-20-17(22)11-15-8-3-2-4-9-15/h2-4,8-9,14,16H,5-7,10-13H2,1H3,(H,20,22)(H,21,23)/t14-,16+/m1/s1. The van der Waals surface area contributed by atoms with Crippen molar-refractivity contribution in [1.82, 2.24) is 10.6 Å². The maximum Gasteiger partial charge on any atom is 0.325 e. The van der Waals surface area contributed by atoms with Crippen molar-refractivity contribution in [3.8, 4) is 0 Å². The van der Waals surface area contributed by atoms with Gasteiger partial charge in [-0.2, -0.15) is 0 Å². The maximum atomic E-state index is 11.9. The fourth-order valence-corrected chi connectivity index (χ4v) is 2.99. The van der Waals surface area contributed by atoms with E-state index in [-0.39, 0.29) is 37.4 Å². The first-order valence-corrected chi connectivity index (χ1v) is 8.80. The average Bonchev–Trinajstić information content (AvgIpc) is 2.61. The highest BCUT2D eigenvalue weighted by Gasteiger charge is 2.23. The summed E-state index contributed by atoms with van der Waals surface area (Å²) >= 11 is 0. The molecule has 0 aromatic heterocycles. The van der Waals surface area contributed by atoms with E-state index in [4.69, 9.17) is 4.74 Å². The van der Waals surface area contributed by atoms with Crippen LogP contribution in [-0.2, 0) is 25.5 Å². The third kappa shape index (κ3) is 6.95. The van der Waals surface area contributed by atoms with E-state index in [9.17, 15) is 14.4 Å². The van der Waals surface area contributed by atoms with Crippen molar-refractivity contribution < 1.29 is 19.1 Å². The molecule has 1 saturated carbocycles. The van der Waals surface area contributed by atoms with Gasteiger partial charge in [0, 0.05) is 6.04 Å². The van der Waals surface area contributed by atoms with E-state index >= 15 is 0 Å². The Morgan fingerprint density at radius 2 is 1.80 bits per heavy atom. The third-order valence-corrected chi connectivity index (χ3v) is 4.46. The molecule has 1 fully saturated rings. The molecule has 0 heterocycles. The summed E-state index contributed by atoms with van der Waals surface area (Å²) in [5.74, 6) is -0.717. The van der Waals surface area contributed by atoms with Gasteiger partial charge >= 0.3 is 5.97 Å². The molecule has 25 heavy (non-hydrogen) atoms. The van der Waals surface area contributed by atoms with Gasteiger partial charge in [-0.05, 0) is 24.3 Å². The molecule has 136 valence electrons. The molecular weight excluding hydrogens is 320 g/mol. The van der Waals surface area contributed by atoms with Gasteiger partial charge in [0.1, 0.15) is 6.54 Å². The first kappa shape index (κ1) is 19.0. The molecule has 0 radical (unpaired) electrons. The quantitative estimate of drug-likeness (QED) is 0.734. The van der Waals surface area contributed by atoms with Crippen molar-refractivity contribution >= 4 is 17.8 Å². The molecule has 0 aliphatic heterocycles. The molecule has 1 aromatic carbocycles. The molecule has 0 unspecified atom stereocenters. The van der Waals surface area contributed by atoms with Gasteiger partial charge in [0.25, 0.3) is 5.91 Å². The van der Waals surface area contributed by atoms with E-state index in [2.05, 4.69) is 17.6 Å². The number of amides is 2. The lowest BCUT2D eigenvalue weighted by atomic mass is 9.86. The number of rotatable bonds is 7. The Morgan fingerprint density at radius 3 is 2.52 bits per heavy atom. The Kier molecular flexibility index (Phi) is 7.44.